The fourth-order valence-corrected chi connectivity index (χ4v) is 4.74. The SMILES string of the molecule is CCCCc1c2n(c3cnccc13)C(c1ccccc1)c1ccc(C(=O)OC)cc1-2. The van der Waals surface area contributed by atoms with Gasteiger partial charge in [0.05, 0.1) is 36.1 Å². The molecular weight excluding hydrogens is 372 g/mol. The van der Waals surface area contributed by atoms with Crippen LogP contribution in [0, 0.1) is 0 Å². The molecule has 5 rings (SSSR count). The van der Waals surface area contributed by atoms with Crippen LogP contribution in [-0.4, -0.2) is 22.6 Å². The smallest absolute Gasteiger partial charge is 0.337 e. The second-order valence-electron chi connectivity index (χ2n) is 7.80. The van der Waals surface area contributed by atoms with E-state index in [1.165, 1.54) is 34.9 Å². The lowest BCUT2D eigenvalue weighted by atomic mass is 9.93. The molecule has 0 N–H and O–H groups in total. The monoisotopic (exact) mass is 396 g/mol. The normalized spacial score (nSPS) is 14.5. The number of fused-ring (bicyclic) bond motifs is 5. The number of carbonyl (C=O) groups is 1. The molecule has 0 aliphatic carbocycles. The first kappa shape index (κ1) is 18.6. The quantitative estimate of drug-likeness (QED) is 0.354. The molecule has 0 radical (unpaired) electrons. The van der Waals surface area contributed by atoms with E-state index >= 15 is 0 Å². The Morgan fingerprint density at radius 3 is 2.73 bits per heavy atom. The maximum Gasteiger partial charge on any atom is 0.337 e. The summed E-state index contributed by atoms with van der Waals surface area (Å²) in [5.41, 5.74) is 7.84. The number of aromatic nitrogens is 2. The van der Waals surface area contributed by atoms with Crippen molar-refractivity contribution in [2.24, 2.45) is 0 Å². The van der Waals surface area contributed by atoms with Crippen LogP contribution in [-0.2, 0) is 11.2 Å². The fraction of sp³-hybridized carbons (Fsp3) is 0.231. The predicted octanol–water partition coefficient (Wildman–Crippen LogP) is 5.78. The highest BCUT2D eigenvalue weighted by Crippen LogP contribution is 2.49. The number of ether oxygens (including phenoxy) is 1. The molecule has 1 aliphatic rings. The molecule has 0 saturated heterocycles. The summed E-state index contributed by atoms with van der Waals surface area (Å²) < 4.78 is 7.40. The number of esters is 1. The van der Waals surface area contributed by atoms with Crippen LogP contribution in [0.15, 0.2) is 67.0 Å². The van der Waals surface area contributed by atoms with Crippen molar-refractivity contribution in [2.75, 3.05) is 7.11 Å². The summed E-state index contributed by atoms with van der Waals surface area (Å²) in [7, 11) is 1.43. The minimum atomic E-state index is -0.305. The highest BCUT2D eigenvalue weighted by Gasteiger charge is 2.34. The van der Waals surface area contributed by atoms with Crippen molar-refractivity contribution in [1.29, 1.82) is 0 Å². The molecule has 3 heterocycles. The number of hydrogen-bond acceptors (Lipinski definition) is 3. The molecule has 4 nitrogen and oxygen atoms in total. The molecule has 1 unspecified atom stereocenters. The van der Waals surface area contributed by atoms with Crippen molar-refractivity contribution >= 4 is 16.9 Å². The number of hydrogen-bond donors (Lipinski definition) is 0. The van der Waals surface area contributed by atoms with E-state index in [4.69, 9.17) is 4.74 Å². The molecule has 4 heteroatoms. The van der Waals surface area contributed by atoms with Gasteiger partial charge in [0.2, 0.25) is 0 Å². The molecule has 150 valence electrons. The molecule has 4 aromatic rings. The van der Waals surface area contributed by atoms with Gasteiger partial charge in [-0.3, -0.25) is 4.98 Å². The molecule has 30 heavy (non-hydrogen) atoms. The molecule has 0 saturated carbocycles. The zero-order valence-corrected chi connectivity index (χ0v) is 17.3. The van der Waals surface area contributed by atoms with Gasteiger partial charge >= 0.3 is 5.97 Å². The average molecular weight is 396 g/mol. The van der Waals surface area contributed by atoms with Crippen molar-refractivity contribution < 1.29 is 9.53 Å². The number of carbonyl (C=O) groups excluding carboxylic acids is 1. The second kappa shape index (κ2) is 7.45. The number of rotatable bonds is 5. The topological polar surface area (TPSA) is 44.1 Å². The molecule has 0 fully saturated rings. The fourth-order valence-electron chi connectivity index (χ4n) is 4.74. The van der Waals surface area contributed by atoms with Gasteiger partial charge in [-0.25, -0.2) is 4.79 Å². The molecular formula is C26H24N2O2. The molecule has 1 aliphatic heterocycles. The van der Waals surface area contributed by atoms with E-state index in [1.54, 1.807) is 0 Å². The van der Waals surface area contributed by atoms with Crippen molar-refractivity contribution in [3.05, 3.63) is 89.2 Å². The average Bonchev–Trinajstić information content (AvgIpc) is 3.30. The van der Waals surface area contributed by atoms with Gasteiger partial charge in [-0.15, -0.1) is 0 Å². The van der Waals surface area contributed by atoms with Gasteiger partial charge in [-0.2, -0.15) is 0 Å². The van der Waals surface area contributed by atoms with Gasteiger partial charge in [0.1, 0.15) is 0 Å². The van der Waals surface area contributed by atoms with Crippen LogP contribution < -0.4 is 0 Å². The van der Waals surface area contributed by atoms with E-state index in [9.17, 15) is 4.79 Å². The van der Waals surface area contributed by atoms with Gasteiger partial charge in [-0.1, -0.05) is 49.7 Å². The number of benzene rings is 2. The van der Waals surface area contributed by atoms with E-state index in [0.29, 0.717) is 5.56 Å². The number of nitrogens with zero attached hydrogens (tertiary/aromatic N) is 2. The van der Waals surface area contributed by atoms with Crippen LogP contribution in [0.2, 0.25) is 0 Å². The first-order chi connectivity index (χ1) is 14.7. The Balaban J connectivity index is 1.84. The van der Waals surface area contributed by atoms with Gasteiger partial charge in [0.15, 0.2) is 0 Å². The highest BCUT2D eigenvalue weighted by molar-refractivity contribution is 5.97. The van der Waals surface area contributed by atoms with Crippen LogP contribution in [0.4, 0.5) is 0 Å². The largest absolute Gasteiger partial charge is 0.465 e. The summed E-state index contributed by atoms with van der Waals surface area (Å²) in [6, 6.07) is 18.7. The lowest BCUT2D eigenvalue weighted by Crippen LogP contribution is -2.08. The van der Waals surface area contributed by atoms with E-state index in [-0.39, 0.29) is 12.0 Å². The summed E-state index contributed by atoms with van der Waals surface area (Å²) in [5.74, 6) is -0.305. The third-order valence-electron chi connectivity index (χ3n) is 6.09. The minimum absolute atomic E-state index is 0.0602. The lowest BCUT2D eigenvalue weighted by molar-refractivity contribution is 0.0601. The Morgan fingerprint density at radius 2 is 1.97 bits per heavy atom. The number of methoxy groups -OCH3 is 1. The summed E-state index contributed by atoms with van der Waals surface area (Å²) in [6.07, 6.45) is 7.10. The summed E-state index contributed by atoms with van der Waals surface area (Å²) in [4.78, 5) is 16.7. The van der Waals surface area contributed by atoms with Crippen molar-refractivity contribution in [1.82, 2.24) is 9.55 Å². The Hall–Kier alpha value is -3.40. The Labute approximate surface area is 176 Å². The first-order valence-electron chi connectivity index (χ1n) is 10.5. The Bertz CT molecular complexity index is 1240. The zero-order chi connectivity index (χ0) is 20.7. The van der Waals surface area contributed by atoms with Crippen molar-refractivity contribution in [2.45, 2.75) is 32.2 Å². The minimum Gasteiger partial charge on any atom is -0.465 e. The van der Waals surface area contributed by atoms with Crippen molar-refractivity contribution in [3.8, 4) is 11.3 Å². The number of unbranched alkanes of at least 4 members (excludes halogenated alkanes) is 1. The van der Waals surface area contributed by atoms with Crippen LogP contribution in [0.25, 0.3) is 22.2 Å². The molecule has 2 aromatic heterocycles. The zero-order valence-electron chi connectivity index (χ0n) is 17.3. The maximum absolute atomic E-state index is 12.3. The molecule has 2 aromatic carbocycles. The second-order valence-corrected chi connectivity index (χ2v) is 7.80. The summed E-state index contributed by atoms with van der Waals surface area (Å²) >= 11 is 0. The molecule has 0 amide bonds. The first-order valence-corrected chi connectivity index (χ1v) is 10.5. The third-order valence-corrected chi connectivity index (χ3v) is 6.09. The third kappa shape index (κ3) is 2.75. The van der Waals surface area contributed by atoms with Crippen molar-refractivity contribution in [3.63, 3.8) is 0 Å². The van der Waals surface area contributed by atoms with Gasteiger partial charge in [0, 0.05) is 17.1 Å². The molecule has 0 bridgehead atoms. The van der Waals surface area contributed by atoms with Crippen LogP contribution in [0.1, 0.15) is 52.9 Å². The van der Waals surface area contributed by atoms with Gasteiger partial charge < -0.3 is 9.30 Å². The van der Waals surface area contributed by atoms with Gasteiger partial charge in [-0.05, 0) is 47.7 Å². The predicted molar refractivity (Wildman–Crippen MR) is 119 cm³/mol. The summed E-state index contributed by atoms with van der Waals surface area (Å²) in [5, 5.41) is 1.25. The Morgan fingerprint density at radius 1 is 1.13 bits per heavy atom. The van der Waals surface area contributed by atoms with E-state index in [1.807, 2.05) is 30.6 Å². The van der Waals surface area contributed by atoms with Crippen LogP contribution in [0.3, 0.4) is 0 Å². The lowest BCUT2D eigenvalue weighted by Gasteiger charge is -2.17. The van der Waals surface area contributed by atoms with Crippen LogP contribution in [0.5, 0.6) is 0 Å². The van der Waals surface area contributed by atoms with E-state index in [0.717, 1.165) is 30.3 Å². The number of pyridine rings is 1. The Kier molecular flexibility index (Phi) is 4.62. The highest BCUT2D eigenvalue weighted by atomic mass is 16.5. The standard InChI is InChI=1S/C26H24N2O2/c1-3-4-10-20-19-13-14-27-16-23(19)28-24(17-8-6-5-7-9-17)21-12-11-18(26(29)30-2)15-22(21)25(20)28/h5-9,11-16,24H,3-4,10H2,1-2H3. The summed E-state index contributed by atoms with van der Waals surface area (Å²) in [6.45, 7) is 2.22. The maximum atomic E-state index is 12.3. The molecule has 1 atom stereocenters. The van der Waals surface area contributed by atoms with Crippen LogP contribution >= 0.6 is 0 Å². The van der Waals surface area contributed by atoms with E-state index in [2.05, 4.69) is 52.9 Å². The number of aryl methyl sites for hydroxylation is 1. The van der Waals surface area contributed by atoms with E-state index < -0.39 is 0 Å². The molecule has 0 spiro atoms. The van der Waals surface area contributed by atoms with Gasteiger partial charge in [0.25, 0.3) is 0 Å².